The summed E-state index contributed by atoms with van der Waals surface area (Å²) in [5, 5.41) is 10.6. The summed E-state index contributed by atoms with van der Waals surface area (Å²) in [5.74, 6) is 0.0863. The number of hydrogen-bond acceptors (Lipinski definition) is 15. The zero-order valence-electron chi connectivity index (χ0n) is 55.8. The van der Waals surface area contributed by atoms with Crippen molar-refractivity contribution >= 4 is 39.5 Å². The fourth-order valence-electron chi connectivity index (χ4n) is 10.0. The van der Waals surface area contributed by atoms with Gasteiger partial charge < -0.3 is 33.8 Å². The van der Waals surface area contributed by atoms with Crippen LogP contribution in [-0.2, 0) is 65.4 Å². The molecule has 0 bridgehead atoms. The van der Waals surface area contributed by atoms with Gasteiger partial charge in [0.05, 0.1) is 26.4 Å². The molecule has 0 aliphatic heterocycles. The minimum atomic E-state index is -4.95. The first-order valence-corrected chi connectivity index (χ1v) is 37.8. The Kier molecular flexibility index (Phi) is 56.9. The Morgan fingerprint density at radius 2 is 0.535 bits per heavy atom. The standard InChI is InChI=1S/C67H130O17P2/c1-8-9-10-11-12-18-27-34-41-48-64(69)77-55-63(84-67(72)51-44-37-30-23-26-33-40-47-60(6)7)57-82-86(75,76)80-53-61(68)52-79-85(73,74)81-56-62(54-78-65(70)49-42-35-28-21-17-16-20-25-32-39-46-59(4)5)83-66(71)50-43-36-29-22-15-13-14-19-24-31-38-45-58(2)3/h58-63,68H,8-57H2,1-7H3,(H,73,74)(H,75,76)/t61-,62-,63-/m1/s1. The number of phosphoric ester groups is 2. The van der Waals surface area contributed by atoms with Gasteiger partial charge in [-0.05, 0) is 43.4 Å². The molecule has 86 heavy (non-hydrogen) atoms. The lowest BCUT2D eigenvalue weighted by Crippen LogP contribution is -2.30. The van der Waals surface area contributed by atoms with Crippen LogP contribution in [0.5, 0.6) is 0 Å². The number of aliphatic hydroxyl groups excluding tert-OH is 1. The first-order valence-electron chi connectivity index (χ1n) is 34.8. The van der Waals surface area contributed by atoms with E-state index in [4.69, 9.17) is 37.0 Å². The zero-order valence-corrected chi connectivity index (χ0v) is 57.6. The number of esters is 4. The Hall–Kier alpha value is -1.94. The van der Waals surface area contributed by atoms with Gasteiger partial charge in [0.25, 0.3) is 0 Å². The molecule has 0 aliphatic rings. The highest BCUT2D eigenvalue weighted by Gasteiger charge is 2.30. The topological polar surface area (TPSA) is 237 Å². The molecule has 0 rings (SSSR count). The van der Waals surface area contributed by atoms with Crippen molar-refractivity contribution in [3.63, 3.8) is 0 Å². The molecule has 0 amide bonds. The first kappa shape index (κ1) is 84.1. The van der Waals surface area contributed by atoms with E-state index in [1.165, 1.54) is 141 Å². The molecule has 510 valence electrons. The molecule has 0 saturated heterocycles. The molecule has 5 atom stereocenters. The molecule has 0 radical (unpaired) electrons. The van der Waals surface area contributed by atoms with Gasteiger partial charge in [-0.3, -0.25) is 37.3 Å². The van der Waals surface area contributed by atoms with Gasteiger partial charge in [-0.2, -0.15) is 0 Å². The second kappa shape index (κ2) is 58.2. The summed E-state index contributed by atoms with van der Waals surface area (Å²) >= 11 is 0. The van der Waals surface area contributed by atoms with Gasteiger partial charge in [-0.15, -0.1) is 0 Å². The number of carbonyl (C=O) groups is 4. The van der Waals surface area contributed by atoms with E-state index in [2.05, 4.69) is 48.5 Å². The van der Waals surface area contributed by atoms with Crippen LogP contribution in [0.4, 0.5) is 0 Å². The molecule has 3 N–H and O–H groups in total. The van der Waals surface area contributed by atoms with Gasteiger partial charge in [0, 0.05) is 25.7 Å². The second-order valence-electron chi connectivity index (χ2n) is 25.6. The number of phosphoric acid groups is 2. The van der Waals surface area contributed by atoms with Crippen molar-refractivity contribution in [3.8, 4) is 0 Å². The summed E-state index contributed by atoms with van der Waals surface area (Å²) in [6, 6.07) is 0. The average molecular weight is 1270 g/mol. The molecule has 0 spiro atoms. The van der Waals surface area contributed by atoms with Crippen LogP contribution < -0.4 is 0 Å². The lowest BCUT2D eigenvalue weighted by atomic mass is 10.0. The highest BCUT2D eigenvalue weighted by Crippen LogP contribution is 2.45. The van der Waals surface area contributed by atoms with Crippen molar-refractivity contribution < 1.29 is 80.2 Å². The lowest BCUT2D eigenvalue weighted by molar-refractivity contribution is -0.161. The molecule has 2 unspecified atom stereocenters. The Balaban J connectivity index is 5.24. The molecule has 0 saturated carbocycles. The Bertz CT molecular complexity index is 1700. The van der Waals surface area contributed by atoms with Crippen molar-refractivity contribution in [1.29, 1.82) is 0 Å². The molecule has 0 aromatic rings. The van der Waals surface area contributed by atoms with Crippen molar-refractivity contribution in [1.82, 2.24) is 0 Å². The molecule has 19 heteroatoms. The van der Waals surface area contributed by atoms with Crippen molar-refractivity contribution in [3.05, 3.63) is 0 Å². The van der Waals surface area contributed by atoms with Gasteiger partial charge in [0.1, 0.15) is 19.3 Å². The molecule has 0 aromatic heterocycles. The summed E-state index contributed by atoms with van der Waals surface area (Å²) in [6.45, 7) is 11.7. The van der Waals surface area contributed by atoms with Crippen LogP contribution in [-0.4, -0.2) is 96.7 Å². The number of ether oxygens (including phenoxy) is 4. The molecular formula is C67H130O17P2. The third-order valence-electron chi connectivity index (χ3n) is 15.4. The maximum absolute atomic E-state index is 13.0. The molecular weight excluding hydrogens is 1140 g/mol. The summed E-state index contributed by atoms with van der Waals surface area (Å²) in [4.78, 5) is 72.3. The van der Waals surface area contributed by atoms with Crippen molar-refractivity contribution in [2.24, 2.45) is 17.8 Å². The minimum absolute atomic E-state index is 0.103. The van der Waals surface area contributed by atoms with E-state index in [1.807, 2.05) is 0 Å². The first-order chi connectivity index (χ1) is 41.2. The second-order valence-corrected chi connectivity index (χ2v) is 28.5. The smallest absolute Gasteiger partial charge is 0.462 e. The fraction of sp³-hybridized carbons (Fsp3) is 0.940. The fourth-order valence-corrected chi connectivity index (χ4v) is 11.6. The van der Waals surface area contributed by atoms with Crippen LogP contribution in [0.2, 0.25) is 0 Å². The SMILES string of the molecule is CCCCCCCCCCCC(=O)OC[C@H](COP(=O)(O)OC[C@H](O)COP(=O)(O)OC[C@@H](COC(=O)CCCCCCCCCCCCC(C)C)OC(=O)CCCCCCCCCCCCCC(C)C)OC(=O)CCCCCCCCCC(C)C. The lowest BCUT2D eigenvalue weighted by Gasteiger charge is -2.21. The minimum Gasteiger partial charge on any atom is -0.462 e. The van der Waals surface area contributed by atoms with E-state index in [-0.39, 0.29) is 25.7 Å². The Morgan fingerprint density at radius 3 is 0.791 bits per heavy atom. The quantitative estimate of drug-likeness (QED) is 0.0222. The van der Waals surface area contributed by atoms with E-state index in [0.717, 1.165) is 102 Å². The third kappa shape index (κ3) is 60.9. The molecule has 0 heterocycles. The van der Waals surface area contributed by atoms with Gasteiger partial charge in [-0.25, -0.2) is 9.13 Å². The number of carbonyl (C=O) groups excluding carboxylic acids is 4. The maximum Gasteiger partial charge on any atom is 0.472 e. The predicted molar refractivity (Wildman–Crippen MR) is 344 cm³/mol. The van der Waals surface area contributed by atoms with Gasteiger partial charge in [0.15, 0.2) is 12.2 Å². The van der Waals surface area contributed by atoms with E-state index >= 15 is 0 Å². The summed E-state index contributed by atoms with van der Waals surface area (Å²) in [5.41, 5.74) is 0. The van der Waals surface area contributed by atoms with Gasteiger partial charge >= 0.3 is 39.5 Å². The number of aliphatic hydroxyl groups is 1. The highest BCUT2D eigenvalue weighted by atomic mass is 31.2. The van der Waals surface area contributed by atoms with E-state index in [9.17, 15) is 43.2 Å². The van der Waals surface area contributed by atoms with Crippen molar-refractivity contribution in [2.45, 2.75) is 349 Å². The Labute approximate surface area is 524 Å². The number of unbranched alkanes of at least 4 members (excludes halogenated alkanes) is 33. The van der Waals surface area contributed by atoms with E-state index < -0.39 is 97.5 Å². The van der Waals surface area contributed by atoms with Crippen LogP contribution in [0.1, 0.15) is 331 Å². The molecule has 0 aromatic carbocycles. The predicted octanol–water partition coefficient (Wildman–Crippen LogP) is 18.7. The largest absolute Gasteiger partial charge is 0.472 e. The van der Waals surface area contributed by atoms with Crippen LogP contribution in [0.15, 0.2) is 0 Å². The van der Waals surface area contributed by atoms with Gasteiger partial charge in [0.2, 0.25) is 0 Å². The molecule has 17 nitrogen and oxygen atoms in total. The summed E-state index contributed by atoms with van der Waals surface area (Å²) in [6.07, 6.45) is 40.4. The maximum atomic E-state index is 13.0. The van der Waals surface area contributed by atoms with Crippen molar-refractivity contribution in [2.75, 3.05) is 39.6 Å². The average Bonchev–Trinajstić information content (AvgIpc) is 3.68. The monoisotopic (exact) mass is 1270 g/mol. The number of rotatable bonds is 65. The van der Waals surface area contributed by atoms with E-state index in [0.29, 0.717) is 31.6 Å². The van der Waals surface area contributed by atoms with Crippen LogP contribution >= 0.6 is 15.6 Å². The summed E-state index contributed by atoms with van der Waals surface area (Å²) < 4.78 is 68.1. The highest BCUT2D eigenvalue weighted by molar-refractivity contribution is 7.47. The Morgan fingerprint density at radius 1 is 0.314 bits per heavy atom. The number of hydrogen-bond donors (Lipinski definition) is 3. The van der Waals surface area contributed by atoms with Gasteiger partial charge in [-0.1, -0.05) is 280 Å². The third-order valence-corrected chi connectivity index (χ3v) is 17.3. The molecule has 0 fully saturated rings. The van der Waals surface area contributed by atoms with Crippen LogP contribution in [0, 0.1) is 17.8 Å². The van der Waals surface area contributed by atoms with Crippen LogP contribution in [0.25, 0.3) is 0 Å². The normalized spacial score (nSPS) is 14.3. The molecule has 0 aliphatic carbocycles. The summed E-state index contributed by atoms with van der Waals surface area (Å²) in [7, 11) is -9.89. The zero-order chi connectivity index (χ0) is 63.8. The van der Waals surface area contributed by atoms with E-state index in [1.54, 1.807) is 0 Å². The van der Waals surface area contributed by atoms with Crippen LogP contribution in [0.3, 0.4) is 0 Å².